The molecule has 0 radical (unpaired) electrons. The number of allylic oxidation sites excluding steroid dienone is 1. The fourth-order valence-electron chi connectivity index (χ4n) is 3.48. The molecule has 1 aliphatic rings. The maximum Gasteiger partial charge on any atom is 0.411 e. The van der Waals surface area contributed by atoms with Gasteiger partial charge < -0.3 is 14.8 Å². The van der Waals surface area contributed by atoms with Crippen molar-refractivity contribution in [1.29, 1.82) is 0 Å². The molecule has 2 aromatic carbocycles. The lowest BCUT2D eigenvalue weighted by Gasteiger charge is -2.35. The molecule has 1 aliphatic heterocycles. The average molecular weight is 408 g/mol. The number of methoxy groups -OCH3 is 1. The van der Waals surface area contributed by atoms with E-state index in [1.165, 1.54) is 0 Å². The van der Waals surface area contributed by atoms with Crippen LogP contribution >= 0.6 is 0 Å². The van der Waals surface area contributed by atoms with Gasteiger partial charge in [0.25, 0.3) is 0 Å². The van der Waals surface area contributed by atoms with Crippen LogP contribution < -0.4 is 15.4 Å². The molecule has 0 saturated heterocycles. The second-order valence-corrected chi connectivity index (χ2v) is 8.29. The van der Waals surface area contributed by atoms with Crippen molar-refractivity contribution in [1.82, 2.24) is 5.32 Å². The molecule has 158 valence electrons. The summed E-state index contributed by atoms with van der Waals surface area (Å²) < 4.78 is 10.4. The molecule has 1 heterocycles. The van der Waals surface area contributed by atoms with Crippen LogP contribution in [0.25, 0.3) is 5.70 Å². The highest BCUT2D eigenvalue weighted by molar-refractivity contribution is 6.09. The molecular weight excluding hydrogens is 380 g/mol. The number of benzene rings is 2. The van der Waals surface area contributed by atoms with E-state index in [0.29, 0.717) is 11.3 Å². The number of anilines is 1. The first kappa shape index (κ1) is 21.4. The van der Waals surface area contributed by atoms with Crippen LogP contribution in [0, 0.1) is 0 Å². The van der Waals surface area contributed by atoms with E-state index >= 15 is 0 Å². The van der Waals surface area contributed by atoms with Crippen molar-refractivity contribution < 1.29 is 19.1 Å². The summed E-state index contributed by atoms with van der Waals surface area (Å²) in [6.45, 7) is 7.75. The third-order valence-electron chi connectivity index (χ3n) is 4.72. The van der Waals surface area contributed by atoms with E-state index in [1.54, 1.807) is 51.3 Å². The zero-order valence-corrected chi connectivity index (χ0v) is 18.0. The Morgan fingerprint density at radius 3 is 2.63 bits per heavy atom. The molecule has 30 heavy (non-hydrogen) atoms. The Balaban J connectivity index is 1.89. The summed E-state index contributed by atoms with van der Waals surface area (Å²) in [5.74, 6) is 0.577. The minimum Gasteiger partial charge on any atom is -0.497 e. The number of carbonyl (C=O) groups is 2. The first-order chi connectivity index (χ1) is 14.2. The minimum absolute atomic E-state index is 0.162. The van der Waals surface area contributed by atoms with Gasteiger partial charge >= 0.3 is 6.09 Å². The Labute approximate surface area is 177 Å². The fraction of sp³-hybridized carbons (Fsp3) is 0.333. The zero-order chi connectivity index (χ0) is 21.9. The van der Waals surface area contributed by atoms with Crippen LogP contribution in [0.5, 0.6) is 5.75 Å². The highest BCUT2D eigenvalue weighted by Crippen LogP contribution is 2.32. The van der Waals surface area contributed by atoms with Crippen molar-refractivity contribution in [2.24, 2.45) is 0 Å². The maximum absolute atomic E-state index is 13.0. The molecule has 0 bridgehead atoms. The van der Waals surface area contributed by atoms with Crippen molar-refractivity contribution in [2.75, 3.05) is 12.4 Å². The summed E-state index contributed by atoms with van der Waals surface area (Å²) in [6.07, 6.45) is 1.67. The van der Waals surface area contributed by atoms with Crippen LogP contribution in [-0.4, -0.2) is 30.6 Å². The SMILES string of the molecule is COc1ccc2c(c1)C(=CC(=O)c1cccc(NC(=O)OC(C)C)c1)NC(C)(C)C2. The Hall–Kier alpha value is -3.28. The van der Waals surface area contributed by atoms with Gasteiger partial charge in [0.2, 0.25) is 0 Å². The smallest absolute Gasteiger partial charge is 0.411 e. The Morgan fingerprint density at radius 2 is 1.93 bits per heavy atom. The molecule has 3 rings (SSSR count). The Morgan fingerprint density at radius 1 is 1.17 bits per heavy atom. The molecule has 0 spiro atoms. The zero-order valence-electron chi connectivity index (χ0n) is 18.0. The molecule has 2 aromatic rings. The molecular formula is C24H28N2O4. The lowest BCUT2D eigenvalue weighted by atomic mass is 9.85. The standard InChI is InChI=1S/C24H28N2O4/c1-15(2)30-23(28)25-18-8-6-7-16(11-18)22(27)13-21-20-12-19(29-5)10-9-17(20)14-24(3,4)26-21/h6-13,15,26H,14H2,1-5H3,(H,25,28). The number of hydrogen-bond donors (Lipinski definition) is 2. The second kappa shape index (κ2) is 8.61. The largest absolute Gasteiger partial charge is 0.497 e. The number of nitrogens with one attached hydrogen (secondary N) is 2. The van der Waals surface area contributed by atoms with Gasteiger partial charge in [-0.2, -0.15) is 0 Å². The highest BCUT2D eigenvalue weighted by Gasteiger charge is 2.28. The minimum atomic E-state index is -0.551. The van der Waals surface area contributed by atoms with Crippen LogP contribution in [0.4, 0.5) is 10.5 Å². The summed E-state index contributed by atoms with van der Waals surface area (Å²) >= 11 is 0. The van der Waals surface area contributed by atoms with Gasteiger partial charge in [-0.15, -0.1) is 0 Å². The molecule has 0 aromatic heterocycles. The van der Waals surface area contributed by atoms with E-state index in [1.807, 2.05) is 18.2 Å². The van der Waals surface area contributed by atoms with Gasteiger partial charge in [-0.05, 0) is 63.9 Å². The number of carbonyl (C=O) groups excluding carboxylic acids is 2. The second-order valence-electron chi connectivity index (χ2n) is 8.29. The van der Waals surface area contributed by atoms with Gasteiger partial charge in [-0.25, -0.2) is 4.79 Å². The van der Waals surface area contributed by atoms with Crippen molar-refractivity contribution in [3.05, 3.63) is 65.2 Å². The lowest BCUT2D eigenvalue weighted by Crippen LogP contribution is -2.43. The molecule has 1 amide bonds. The Kier molecular flexibility index (Phi) is 6.15. The number of amides is 1. The molecule has 0 atom stereocenters. The highest BCUT2D eigenvalue weighted by atomic mass is 16.6. The van der Waals surface area contributed by atoms with E-state index in [2.05, 4.69) is 24.5 Å². The normalized spacial score (nSPS) is 15.9. The van der Waals surface area contributed by atoms with E-state index < -0.39 is 6.09 Å². The topological polar surface area (TPSA) is 76.7 Å². The number of fused-ring (bicyclic) bond motifs is 1. The van der Waals surface area contributed by atoms with Gasteiger partial charge in [-0.1, -0.05) is 18.2 Å². The van der Waals surface area contributed by atoms with Crippen molar-refractivity contribution in [3.8, 4) is 5.75 Å². The number of ketones is 1. The third-order valence-corrected chi connectivity index (χ3v) is 4.72. The molecule has 0 saturated carbocycles. The van der Waals surface area contributed by atoms with Crippen LogP contribution in [0.15, 0.2) is 48.5 Å². The fourth-order valence-corrected chi connectivity index (χ4v) is 3.48. The van der Waals surface area contributed by atoms with Gasteiger partial charge in [0.1, 0.15) is 5.75 Å². The number of ether oxygens (including phenoxy) is 2. The predicted octanol–water partition coefficient (Wildman–Crippen LogP) is 4.80. The monoisotopic (exact) mass is 408 g/mol. The van der Waals surface area contributed by atoms with Gasteiger partial charge in [0.15, 0.2) is 5.78 Å². The Bertz CT molecular complexity index is 992. The molecule has 2 N–H and O–H groups in total. The lowest BCUT2D eigenvalue weighted by molar-refractivity contribution is 0.104. The average Bonchev–Trinajstić information content (AvgIpc) is 2.66. The summed E-state index contributed by atoms with van der Waals surface area (Å²) in [4.78, 5) is 24.9. The van der Waals surface area contributed by atoms with Crippen molar-refractivity contribution in [2.45, 2.75) is 45.8 Å². The van der Waals surface area contributed by atoms with Crippen molar-refractivity contribution in [3.63, 3.8) is 0 Å². The van der Waals surface area contributed by atoms with Crippen LogP contribution in [-0.2, 0) is 11.2 Å². The number of rotatable bonds is 5. The molecule has 0 aliphatic carbocycles. The van der Waals surface area contributed by atoms with Gasteiger partial charge in [0, 0.05) is 34.1 Å². The van der Waals surface area contributed by atoms with Crippen molar-refractivity contribution >= 4 is 23.3 Å². The molecule has 6 nitrogen and oxygen atoms in total. The summed E-state index contributed by atoms with van der Waals surface area (Å²) in [5.41, 5.74) is 3.66. The molecule has 0 unspecified atom stereocenters. The van der Waals surface area contributed by atoms with E-state index in [4.69, 9.17) is 9.47 Å². The molecule has 6 heteroatoms. The quantitative estimate of drug-likeness (QED) is 0.549. The summed E-state index contributed by atoms with van der Waals surface area (Å²) in [7, 11) is 1.62. The maximum atomic E-state index is 13.0. The predicted molar refractivity (Wildman–Crippen MR) is 118 cm³/mol. The van der Waals surface area contributed by atoms with Crippen LogP contribution in [0.3, 0.4) is 0 Å². The van der Waals surface area contributed by atoms with E-state index in [9.17, 15) is 9.59 Å². The van der Waals surface area contributed by atoms with E-state index in [-0.39, 0.29) is 17.4 Å². The van der Waals surface area contributed by atoms with Crippen LogP contribution in [0.1, 0.15) is 49.2 Å². The van der Waals surface area contributed by atoms with Crippen LogP contribution in [0.2, 0.25) is 0 Å². The first-order valence-corrected chi connectivity index (χ1v) is 9.96. The van der Waals surface area contributed by atoms with E-state index in [0.717, 1.165) is 29.0 Å². The third kappa shape index (κ3) is 5.20. The summed E-state index contributed by atoms with van der Waals surface area (Å²) in [6, 6.07) is 12.7. The number of hydrogen-bond acceptors (Lipinski definition) is 5. The molecule has 0 fully saturated rings. The first-order valence-electron chi connectivity index (χ1n) is 9.96. The summed E-state index contributed by atoms with van der Waals surface area (Å²) in [5, 5.41) is 6.11. The van der Waals surface area contributed by atoms with Gasteiger partial charge in [0.05, 0.1) is 13.2 Å². The van der Waals surface area contributed by atoms with Gasteiger partial charge in [-0.3, -0.25) is 10.1 Å².